The van der Waals surface area contributed by atoms with Crippen molar-refractivity contribution in [2.45, 2.75) is 32.2 Å². The Morgan fingerprint density at radius 3 is 2.76 bits per heavy atom. The Morgan fingerprint density at radius 2 is 2.24 bits per heavy atom. The normalized spacial score (nSPS) is 22.9. The Labute approximate surface area is 104 Å². The summed E-state index contributed by atoms with van der Waals surface area (Å²) in [7, 11) is -3.38. The molecular weight excluding hydrogens is 238 g/mol. The van der Waals surface area contributed by atoms with E-state index in [1.165, 1.54) is 4.31 Å². The lowest BCUT2D eigenvalue weighted by Crippen LogP contribution is -2.52. The molecule has 0 aliphatic carbocycles. The van der Waals surface area contributed by atoms with Crippen molar-refractivity contribution in [2.24, 2.45) is 5.73 Å². The molecule has 0 bridgehead atoms. The van der Waals surface area contributed by atoms with Crippen LogP contribution in [-0.2, 0) is 10.2 Å². The summed E-state index contributed by atoms with van der Waals surface area (Å²) in [5.74, 6) is 0. The summed E-state index contributed by atoms with van der Waals surface area (Å²) in [5.41, 5.74) is 5.66. The second-order valence-electron chi connectivity index (χ2n) is 4.24. The molecular formula is C11H23N3O2S. The van der Waals surface area contributed by atoms with Gasteiger partial charge in [0.2, 0.25) is 0 Å². The molecule has 0 aromatic rings. The van der Waals surface area contributed by atoms with E-state index >= 15 is 0 Å². The van der Waals surface area contributed by atoms with Gasteiger partial charge >= 0.3 is 0 Å². The van der Waals surface area contributed by atoms with Gasteiger partial charge in [0.15, 0.2) is 0 Å². The quantitative estimate of drug-likeness (QED) is 0.710. The second kappa shape index (κ2) is 6.49. The lowest BCUT2D eigenvalue weighted by Gasteiger charge is -2.36. The van der Waals surface area contributed by atoms with Crippen LogP contribution >= 0.6 is 0 Å². The summed E-state index contributed by atoms with van der Waals surface area (Å²) in [6.45, 7) is 7.22. The molecule has 1 atom stereocenters. The SMILES string of the molecule is C=CCN(CC)S(=O)(=O)N1CCCCC1CN. The summed E-state index contributed by atoms with van der Waals surface area (Å²) in [4.78, 5) is 0. The first kappa shape index (κ1) is 14.6. The molecule has 17 heavy (non-hydrogen) atoms. The summed E-state index contributed by atoms with van der Waals surface area (Å²) in [5, 5.41) is 0. The lowest BCUT2D eigenvalue weighted by atomic mass is 10.1. The van der Waals surface area contributed by atoms with Crippen molar-refractivity contribution in [1.29, 1.82) is 0 Å². The highest BCUT2D eigenvalue weighted by molar-refractivity contribution is 7.86. The van der Waals surface area contributed by atoms with Gasteiger partial charge in [-0.05, 0) is 12.8 Å². The molecule has 100 valence electrons. The van der Waals surface area contributed by atoms with Crippen molar-refractivity contribution in [3.63, 3.8) is 0 Å². The second-order valence-corrected chi connectivity index (χ2v) is 6.12. The Kier molecular flexibility index (Phi) is 5.58. The summed E-state index contributed by atoms with van der Waals surface area (Å²) >= 11 is 0. The number of hydrogen-bond donors (Lipinski definition) is 1. The molecule has 2 N–H and O–H groups in total. The maximum absolute atomic E-state index is 12.4. The highest BCUT2D eigenvalue weighted by Crippen LogP contribution is 2.21. The molecule has 1 unspecified atom stereocenters. The van der Waals surface area contributed by atoms with Gasteiger partial charge in [-0.25, -0.2) is 0 Å². The highest BCUT2D eigenvalue weighted by Gasteiger charge is 2.34. The fraction of sp³-hybridized carbons (Fsp3) is 0.818. The number of nitrogens with two attached hydrogens (primary N) is 1. The van der Waals surface area contributed by atoms with Crippen LogP contribution in [0.3, 0.4) is 0 Å². The molecule has 0 aromatic heterocycles. The van der Waals surface area contributed by atoms with E-state index in [4.69, 9.17) is 5.73 Å². The Morgan fingerprint density at radius 1 is 1.53 bits per heavy atom. The van der Waals surface area contributed by atoms with Crippen LogP contribution in [0.2, 0.25) is 0 Å². The fourth-order valence-corrected chi connectivity index (χ4v) is 4.04. The smallest absolute Gasteiger partial charge is 0.282 e. The molecule has 1 rings (SSSR count). The van der Waals surface area contributed by atoms with Crippen molar-refractivity contribution in [3.05, 3.63) is 12.7 Å². The minimum absolute atomic E-state index is 0.0485. The van der Waals surface area contributed by atoms with Crippen molar-refractivity contribution in [1.82, 2.24) is 8.61 Å². The van der Waals surface area contributed by atoms with Gasteiger partial charge in [0.25, 0.3) is 10.2 Å². The maximum Gasteiger partial charge on any atom is 0.282 e. The van der Waals surface area contributed by atoms with E-state index in [1.807, 2.05) is 6.92 Å². The third-order valence-corrected chi connectivity index (χ3v) is 5.29. The van der Waals surface area contributed by atoms with E-state index < -0.39 is 10.2 Å². The van der Waals surface area contributed by atoms with Gasteiger partial charge in [-0.15, -0.1) is 6.58 Å². The van der Waals surface area contributed by atoms with Gasteiger partial charge < -0.3 is 5.73 Å². The van der Waals surface area contributed by atoms with Crippen LogP contribution < -0.4 is 5.73 Å². The van der Waals surface area contributed by atoms with E-state index in [-0.39, 0.29) is 6.04 Å². The fourth-order valence-electron chi connectivity index (χ4n) is 2.19. The number of hydrogen-bond acceptors (Lipinski definition) is 3. The van der Waals surface area contributed by atoms with Crippen LogP contribution in [0.25, 0.3) is 0 Å². The molecule has 1 heterocycles. The zero-order chi connectivity index (χ0) is 12.9. The van der Waals surface area contributed by atoms with Gasteiger partial charge in [0, 0.05) is 32.2 Å². The third-order valence-electron chi connectivity index (χ3n) is 3.15. The van der Waals surface area contributed by atoms with E-state index in [1.54, 1.807) is 10.4 Å². The van der Waals surface area contributed by atoms with E-state index in [0.717, 1.165) is 19.3 Å². The summed E-state index contributed by atoms with van der Waals surface area (Å²) in [6.07, 6.45) is 4.45. The Balaban J connectivity index is 2.89. The summed E-state index contributed by atoms with van der Waals surface area (Å²) in [6, 6.07) is -0.0485. The first-order chi connectivity index (χ1) is 8.07. The first-order valence-electron chi connectivity index (χ1n) is 6.15. The minimum atomic E-state index is -3.38. The molecule has 1 fully saturated rings. The van der Waals surface area contributed by atoms with E-state index in [2.05, 4.69) is 6.58 Å². The van der Waals surface area contributed by atoms with Crippen molar-refractivity contribution in [3.8, 4) is 0 Å². The zero-order valence-electron chi connectivity index (χ0n) is 10.5. The van der Waals surface area contributed by atoms with Crippen LogP contribution in [0, 0.1) is 0 Å². The lowest BCUT2D eigenvalue weighted by molar-refractivity contribution is 0.239. The van der Waals surface area contributed by atoms with Gasteiger partial charge in [0.05, 0.1) is 0 Å². The molecule has 0 radical (unpaired) electrons. The predicted molar refractivity (Wildman–Crippen MR) is 69.8 cm³/mol. The third kappa shape index (κ3) is 3.28. The molecule has 1 aliphatic rings. The molecule has 1 aliphatic heterocycles. The van der Waals surface area contributed by atoms with E-state index in [0.29, 0.717) is 26.2 Å². The zero-order valence-corrected chi connectivity index (χ0v) is 11.3. The predicted octanol–water partition coefficient (Wildman–Crippen LogP) is 0.552. The standard InChI is InChI=1S/C11H23N3O2S/c1-3-8-13(4-2)17(15,16)14-9-6-5-7-11(14)10-12/h3,11H,1,4-10,12H2,2H3. The molecule has 1 saturated heterocycles. The number of likely N-dealkylation sites (N-methyl/N-ethyl adjacent to an activating group) is 1. The molecule has 0 saturated carbocycles. The molecule has 6 heteroatoms. The Bertz CT molecular complexity index is 343. The summed E-state index contributed by atoms with van der Waals surface area (Å²) < 4.78 is 27.8. The van der Waals surface area contributed by atoms with E-state index in [9.17, 15) is 8.42 Å². The first-order valence-corrected chi connectivity index (χ1v) is 7.55. The maximum atomic E-state index is 12.4. The van der Waals surface area contributed by atoms with Crippen LogP contribution in [0.4, 0.5) is 0 Å². The molecule has 5 nitrogen and oxygen atoms in total. The van der Waals surface area contributed by atoms with Crippen LogP contribution in [0.1, 0.15) is 26.2 Å². The van der Waals surface area contributed by atoms with Crippen molar-refractivity contribution < 1.29 is 8.42 Å². The van der Waals surface area contributed by atoms with Crippen molar-refractivity contribution >= 4 is 10.2 Å². The van der Waals surface area contributed by atoms with Crippen molar-refractivity contribution in [2.75, 3.05) is 26.2 Å². The van der Waals surface area contributed by atoms with Crippen LogP contribution in [-0.4, -0.2) is 49.2 Å². The largest absolute Gasteiger partial charge is 0.329 e. The topological polar surface area (TPSA) is 66.6 Å². The number of rotatable bonds is 6. The number of nitrogens with zero attached hydrogens (tertiary/aromatic N) is 2. The molecule has 0 aromatic carbocycles. The molecule has 0 spiro atoms. The van der Waals surface area contributed by atoms with Crippen LogP contribution in [0.5, 0.6) is 0 Å². The average molecular weight is 261 g/mol. The van der Waals surface area contributed by atoms with Gasteiger partial charge in [0.1, 0.15) is 0 Å². The average Bonchev–Trinajstić information content (AvgIpc) is 2.35. The minimum Gasteiger partial charge on any atom is -0.329 e. The van der Waals surface area contributed by atoms with Gasteiger partial charge in [-0.2, -0.15) is 17.0 Å². The van der Waals surface area contributed by atoms with Crippen LogP contribution in [0.15, 0.2) is 12.7 Å². The Hall–Kier alpha value is -0.430. The van der Waals surface area contributed by atoms with Gasteiger partial charge in [-0.3, -0.25) is 0 Å². The highest BCUT2D eigenvalue weighted by atomic mass is 32.2. The molecule has 0 amide bonds. The van der Waals surface area contributed by atoms with Gasteiger partial charge in [-0.1, -0.05) is 19.4 Å². The number of piperidine rings is 1. The monoisotopic (exact) mass is 261 g/mol.